The Morgan fingerprint density at radius 1 is 1.24 bits per heavy atom. The van der Waals surface area contributed by atoms with Crippen LogP contribution in [0, 0.1) is 13.8 Å². The van der Waals surface area contributed by atoms with E-state index in [1.54, 1.807) is 7.11 Å². The van der Waals surface area contributed by atoms with Gasteiger partial charge in [0.15, 0.2) is 0 Å². The minimum atomic E-state index is -0.0712. The van der Waals surface area contributed by atoms with E-state index in [-0.39, 0.29) is 6.10 Å². The molecule has 7 nitrogen and oxygen atoms in total. The molecule has 3 aromatic rings. The van der Waals surface area contributed by atoms with Gasteiger partial charge >= 0.3 is 0 Å². The van der Waals surface area contributed by atoms with Crippen LogP contribution in [0.2, 0.25) is 0 Å². The molecule has 8 heteroatoms. The van der Waals surface area contributed by atoms with Crippen molar-refractivity contribution < 1.29 is 9.47 Å². The number of morpholine rings is 1. The highest BCUT2D eigenvalue weighted by molar-refractivity contribution is 7.15. The van der Waals surface area contributed by atoms with Crippen LogP contribution in [-0.4, -0.2) is 46.9 Å². The molecule has 1 unspecified atom stereocenters. The van der Waals surface area contributed by atoms with Gasteiger partial charge in [0.2, 0.25) is 5.13 Å². The van der Waals surface area contributed by atoms with Gasteiger partial charge in [0, 0.05) is 25.2 Å². The largest absolute Gasteiger partial charge is 0.496 e. The van der Waals surface area contributed by atoms with Gasteiger partial charge in [-0.2, -0.15) is 0 Å². The molecule has 1 fully saturated rings. The van der Waals surface area contributed by atoms with E-state index in [2.05, 4.69) is 45.5 Å². The highest BCUT2D eigenvalue weighted by Crippen LogP contribution is 2.27. The normalized spacial score (nSPS) is 17.3. The summed E-state index contributed by atoms with van der Waals surface area (Å²) in [4.78, 5) is 7.13. The number of aromatic nitrogens is 3. The smallest absolute Gasteiger partial charge is 0.211 e. The number of nitrogens with zero attached hydrogens (tertiary/aromatic N) is 4. The lowest BCUT2D eigenvalue weighted by atomic mass is 10.1. The molecule has 1 aliphatic rings. The van der Waals surface area contributed by atoms with Crippen LogP contribution >= 0.6 is 11.3 Å². The predicted octanol–water partition coefficient (Wildman–Crippen LogP) is 3.88. The van der Waals surface area contributed by atoms with Crippen LogP contribution in [0.1, 0.15) is 27.9 Å². The summed E-state index contributed by atoms with van der Waals surface area (Å²) in [5.41, 5.74) is 3.30. The molecule has 0 saturated carbocycles. The average Bonchev–Trinajstić information content (AvgIpc) is 3.14. The van der Waals surface area contributed by atoms with Crippen molar-refractivity contribution in [3.05, 3.63) is 58.2 Å². The van der Waals surface area contributed by atoms with Crippen molar-refractivity contribution in [3.8, 4) is 5.75 Å². The molecule has 1 aromatic carbocycles. The van der Waals surface area contributed by atoms with Crippen LogP contribution in [0.5, 0.6) is 5.75 Å². The van der Waals surface area contributed by atoms with Gasteiger partial charge in [-0.1, -0.05) is 29.5 Å². The van der Waals surface area contributed by atoms with Crippen LogP contribution in [0.25, 0.3) is 0 Å². The van der Waals surface area contributed by atoms with E-state index < -0.39 is 0 Å². The molecule has 1 aliphatic heterocycles. The average molecular weight is 412 g/mol. The second-order valence-electron chi connectivity index (χ2n) is 7.11. The highest BCUT2D eigenvalue weighted by Gasteiger charge is 2.24. The zero-order valence-electron chi connectivity index (χ0n) is 16.9. The Morgan fingerprint density at radius 3 is 2.93 bits per heavy atom. The summed E-state index contributed by atoms with van der Waals surface area (Å²) < 4.78 is 11.6. The Balaban J connectivity index is 1.45. The first kappa shape index (κ1) is 19.8. The molecule has 1 N–H and O–H groups in total. The molecule has 0 bridgehead atoms. The first-order valence-corrected chi connectivity index (χ1v) is 10.4. The second-order valence-corrected chi connectivity index (χ2v) is 8.29. The summed E-state index contributed by atoms with van der Waals surface area (Å²) in [7, 11) is 1.72. The van der Waals surface area contributed by atoms with Crippen LogP contribution in [-0.2, 0) is 11.3 Å². The van der Waals surface area contributed by atoms with Crippen molar-refractivity contribution in [2.45, 2.75) is 26.5 Å². The Hall–Kier alpha value is -2.55. The van der Waals surface area contributed by atoms with Crippen LogP contribution in [0.15, 0.2) is 36.4 Å². The predicted molar refractivity (Wildman–Crippen MR) is 114 cm³/mol. The monoisotopic (exact) mass is 411 g/mol. The molecular formula is C21H25N5O2S. The molecule has 1 saturated heterocycles. The maximum atomic E-state index is 6.03. The third-order valence-corrected chi connectivity index (χ3v) is 5.60. The number of pyridine rings is 1. The van der Waals surface area contributed by atoms with E-state index >= 15 is 0 Å². The zero-order chi connectivity index (χ0) is 20.2. The zero-order valence-corrected chi connectivity index (χ0v) is 17.7. The summed E-state index contributed by atoms with van der Waals surface area (Å²) >= 11 is 1.51. The van der Waals surface area contributed by atoms with E-state index in [0.29, 0.717) is 6.61 Å². The van der Waals surface area contributed by atoms with E-state index in [1.165, 1.54) is 22.5 Å². The van der Waals surface area contributed by atoms with E-state index in [0.717, 1.165) is 47.0 Å². The van der Waals surface area contributed by atoms with Gasteiger partial charge in [0.05, 0.1) is 19.4 Å². The van der Waals surface area contributed by atoms with Crippen molar-refractivity contribution in [2.75, 3.05) is 32.1 Å². The first-order chi connectivity index (χ1) is 14.1. The molecule has 0 amide bonds. The minimum absolute atomic E-state index is 0.0712. The molecule has 4 rings (SSSR count). The fourth-order valence-electron chi connectivity index (χ4n) is 3.41. The van der Waals surface area contributed by atoms with Gasteiger partial charge in [-0.05, 0) is 37.6 Å². The Labute approximate surface area is 174 Å². The van der Waals surface area contributed by atoms with Crippen molar-refractivity contribution in [3.63, 3.8) is 0 Å². The lowest BCUT2D eigenvalue weighted by Crippen LogP contribution is -2.38. The summed E-state index contributed by atoms with van der Waals surface area (Å²) in [5.74, 6) is 1.68. The van der Waals surface area contributed by atoms with Gasteiger partial charge < -0.3 is 14.8 Å². The van der Waals surface area contributed by atoms with Gasteiger partial charge in [-0.25, -0.2) is 4.98 Å². The maximum absolute atomic E-state index is 6.03. The molecule has 0 radical (unpaired) electrons. The minimum Gasteiger partial charge on any atom is -0.496 e. The Kier molecular flexibility index (Phi) is 6.03. The van der Waals surface area contributed by atoms with E-state index in [1.807, 2.05) is 25.1 Å². The van der Waals surface area contributed by atoms with Crippen molar-refractivity contribution in [1.82, 2.24) is 20.1 Å². The summed E-state index contributed by atoms with van der Waals surface area (Å²) in [5, 5.41) is 13.0. The topological polar surface area (TPSA) is 72.4 Å². The molecule has 3 heterocycles. The van der Waals surface area contributed by atoms with Gasteiger partial charge in [0.1, 0.15) is 22.7 Å². The van der Waals surface area contributed by atoms with E-state index in [4.69, 9.17) is 14.5 Å². The summed E-state index contributed by atoms with van der Waals surface area (Å²) in [6, 6.07) is 12.3. The number of hydrogen-bond acceptors (Lipinski definition) is 8. The standard InChI is InChI=1S/C21H25N5O2S/c1-14-7-8-16(18(11-14)27-3)12-26-9-10-28-19(13-26)17-5-4-6-20(22-17)23-21-25-24-15(2)29-21/h4-8,11,19H,9-10,12-13H2,1-3H3,(H,22,23,25). The number of ether oxygens (including phenoxy) is 2. The fraction of sp³-hybridized carbons (Fsp3) is 0.381. The number of nitrogens with one attached hydrogen (secondary N) is 1. The molecule has 0 spiro atoms. The van der Waals surface area contributed by atoms with E-state index in [9.17, 15) is 0 Å². The first-order valence-electron chi connectivity index (χ1n) is 9.62. The molecule has 152 valence electrons. The molecule has 29 heavy (non-hydrogen) atoms. The fourth-order valence-corrected chi connectivity index (χ4v) is 4.00. The number of hydrogen-bond donors (Lipinski definition) is 1. The maximum Gasteiger partial charge on any atom is 0.211 e. The van der Waals surface area contributed by atoms with Gasteiger partial charge in [-0.15, -0.1) is 10.2 Å². The summed E-state index contributed by atoms with van der Waals surface area (Å²) in [6.07, 6.45) is -0.0712. The van der Waals surface area contributed by atoms with Crippen LogP contribution in [0.3, 0.4) is 0 Å². The van der Waals surface area contributed by atoms with Crippen LogP contribution in [0.4, 0.5) is 10.9 Å². The molecule has 0 aliphatic carbocycles. The SMILES string of the molecule is COc1cc(C)ccc1CN1CCOC(c2cccc(Nc3nnc(C)s3)n2)C1. The molecular weight excluding hydrogens is 386 g/mol. The second kappa shape index (κ2) is 8.86. The number of benzene rings is 1. The number of aryl methyl sites for hydroxylation is 2. The highest BCUT2D eigenvalue weighted by atomic mass is 32.1. The van der Waals surface area contributed by atoms with Crippen molar-refractivity contribution in [1.29, 1.82) is 0 Å². The third kappa shape index (κ3) is 4.90. The quantitative estimate of drug-likeness (QED) is 0.660. The van der Waals surface area contributed by atoms with Gasteiger partial charge in [0.25, 0.3) is 0 Å². The Morgan fingerprint density at radius 2 is 2.14 bits per heavy atom. The Bertz CT molecular complexity index is 977. The van der Waals surface area contributed by atoms with Gasteiger partial charge in [-0.3, -0.25) is 4.90 Å². The van der Waals surface area contributed by atoms with Crippen molar-refractivity contribution >= 4 is 22.3 Å². The number of rotatable bonds is 6. The number of anilines is 2. The van der Waals surface area contributed by atoms with Crippen molar-refractivity contribution in [2.24, 2.45) is 0 Å². The molecule has 2 aromatic heterocycles. The third-order valence-electron chi connectivity index (χ3n) is 4.85. The lowest BCUT2D eigenvalue weighted by Gasteiger charge is -2.33. The lowest BCUT2D eigenvalue weighted by molar-refractivity contribution is -0.0350. The van der Waals surface area contributed by atoms with Crippen LogP contribution < -0.4 is 10.1 Å². The summed E-state index contributed by atoms with van der Waals surface area (Å²) in [6.45, 7) is 7.17. The molecule has 1 atom stereocenters. The number of methoxy groups -OCH3 is 1.